The number of rotatable bonds is 9. The fourth-order valence-electron chi connectivity index (χ4n) is 5.00. The molecule has 0 atom stereocenters. The Morgan fingerprint density at radius 1 is 1.06 bits per heavy atom. The smallest absolute Gasteiger partial charge is 0.336 e. The molecule has 0 aliphatic heterocycles. The van der Waals surface area contributed by atoms with Crippen LogP contribution in [-0.4, -0.2) is 20.2 Å². The predicted molar refractivity (Wildman–Crippen MR) is 136 cm³/mol. The molecule has 1 saturated carbocycles. The normalized spacial score (nSPS) is 14.6. The van der Waals surface area contributed by atoms with E-state index in [1.54, 1.807) is 12.1 Å². The van der Waals surface area contributed by atoms with Crippen LogP contribution in [0.2, 0.25) is 0 Å². The summed E-state index contributed by atoms with van der Waals surface area (Å²) in [4.78, 5) is 24.8. The summed E-state index contributed by atoms with van der Waals surface area (Å²) >= 11 is 0. The van der Waals surface area contributed by atoms with Crippen molar-refractivity contribution in [2.45, 2.75) is 65.0 Å². The van der Waals surface area contributed by atoms with Crippen molar-refractivity contribution in [3.8, 4) is 11.1 Å². The molecule has 178 valence electrons. The first-order chi connectivity index (χ1) is 16.6. The number of carboxylic acid groups (broad SMARTS) is 1. The zero-order valence-electron chi connectivity index (χ0n) is 20.0. The minimum atomic E-state index is -0.936. The molecule has 1 heterocycles. The van der Waals surface area contributed by atoms with E-state index in [1.807, 2.05) is 64.7 Å². The van der Waals surface area contributed by atoms with Crippen LogP contribution in [0.4, 0.5) is 0 Å². The lowest BCUT2D eigenvalue weighted by atomic mass is 9.87. The quantitative estimate of drug-likeness (QED) is 0.391. The van der Waals surface area contributed by atoms with Crippen molar-refractivity contribution in [3.63, 3.8) is 0 Å². The van der Waals surface area contributed by atoms with Crippen LogP contribution >= 0.6 is 0 Å². The van der Waals surface area contributed by atoms with Crippen LogP contribution in [0, 0.1) is 5.92 Å². The van der Waals surface area contributed by atoms with Crippen LogP contribution in [-0.2, 0) is 19.5 Å². The second-order valence-electron chi connectivity index (χ2n) is 9.30. The highest BCUT2D eigenvalue weighted by molar-refractivity contribution is 5.95. The number of carboxylic acids is 1. The van der Waals surface area contributed by atoms with Crippen LogP contribution < -0.4 is 5.69 Å². The maximum Gasteiger partial charge on any atom is 0.336 e. The standard InChI is InChI=1S/C29H34N2O3/c1-2-3-11-25-21-30(19-18-22-9-5-4-6-10-22)29(34)31(25)20-23-14-16-24(17-15-23)26-12-7-8-13-27(26)28(32)33/h2-3,7-8,12-17,21-22H,4-6,9-11,18-20H2,1H3,(H,32,33). The summed E-state index contributed by atoms with van der Waals surface area (Å²) in [5.41, 5.74) is 3.93. The molecular weight excluding hydrogens is 424 g/mol. The Balaban J connectivity index is 1.54. The van der Waals surface area contributed by atoms with Gasteiger partial charge >= 0.3 is 11.7 Å². The number of nitrogens with zero attached hydrogens (tertiary/aromatic N) is 2. The molecule has 1 fully saturated rings. The Labute approximate surface area is 201 Å². The van der Waals surface area contributed by atoms with Crippen molar-refractivity contribution in [2.24, 2.45) is 5.92 Å². The van der Waals surface area contributed by atoms with E-state index in [2.05, 4.69) is 6.08 Å². The van der Waals surface area contributed by atoms with Gasteiger partial charge in [-0.05, 0) is 42.0 Å². The van der Waals surface area contributed by atoms with Crippen molar-refractivity contribution in [1.82, 2.24) is 9.13 Å². The Morgan fingerprint density at radius 2 is 1.79 bits per heavy atom. The summed E-state index contributed by atoms with van der Waals surface area (Å²) in [7, 11) is 0. The lowest BCUT2D eigenvalue weighted by Gasteiger charge is -2.21. The Morgan fingerprint density at radius 3 is 2.50 bits per heavy atom. The number of imidazole rings is 1. The molecule has 4 rings (SSSR count). The minimum absolute atomic E-state index is 0.0515. The van der Waals surface area contributed by atoms with Crippen LogP contribution in [0.1, 0.15) is 67.1 Å². The van der Waals surface area contributed by atoms with Crippen molar-refractivity contribution >= 4 is 5.97 Å². The molecule has 0 bridgehead atoms. The Hall–Kier alpha value is -3.34. The first-order valence-corrected chi connectivity index (χ1v) is 12.4. The second kappa shape index (κ2) is 11.2. The summed E-state index contributed by atoms with van der Waals surface area (Å²) in [6.07, 6.45) is 14.5. The van der Waals surface area contributed by atoms with Gasteiger partial charge in [-0.25, -0.2) is 9.59 Å². The topological polar surface area (TPSA) is 64.2 Å². The van der Waals surface area contributed by atoms with E-state index in [0.717, 1.165) is 42.1 Å². The van der Waals surface area contributed by atoms with Crippen molar-refractivity contribution in [3.05, 3.63) is 94.2 Å². The maximum atomic E-state index is 13.3. The number of carbonyl (C=O) groups is 1. The van der Waals surface area contributed by atoms with Gasteiger partial charge in [0.15, 0.2) is 0 Å². The van der Waals surface area contributed by atoms with E-state index in [9.17, 15) is 14.7 Å². The Bertz CT molecular complexity index is 1190. The number of benzene rings is 2. The van der Waals surface area contributed by atoms with Crippen LogP contribution in [0.25, 0.3) is 11.1 Å². The SMILES string of the molecule is CC=CCc1cn(CCC2CCCCC2)c(=O)n1Cc1ccc(-c2ccccc2C(=O)O)cc1. The zero-order valence-corrected chi connectivity index (χ0v) is 20.0. The van der Waals surface area contributed by atoms with Crippen LogP contribution in [0.3, 0.4) is 0 Å². The van der Waals surface area contributed by atoms with Crippen molar-refractivity contribution < 1.29 is 9.90 Å². The molecule has 0 spiro atoms. The summed E-state index contributed by atoms with van der Waals surface area (Å²) in [5, 5.41) is 9.49. The van der Waals surface area contributed by atoms with Gasteiger partial charge in [-0.3, -0.25) is 9.13 Å². The molecule has 0 unspecified atom stereocenters. The van der Waals surface area contributed by atoms with E-state index in [4.69, 9.17) is 0 Å². The molecule has 5 nitrogen and oxygen atoms in total. The molecule has 2 aromatic carbocycles. The number of hydrogen-bond acceptors (Lipinski definition) is 2. The average Bonchev–Trinajstić information content (AvgIpc) is 3.16. The number of aromatic carboxylic acids is 1. The third-order valence-electron chi connectivity index (χ3n) is 6.96. The number of aromatic nitrogens is 2. The van der Waals surface area contributed by atoms with Gasteiger partial charge < -0.3 is 5.11 Å². The van der Waals surface area contributed by atoms with Crippen molar-refractivity contribution in [2.75, 3.05) is 0 Å². The molecule has 34 heavy (non-hydrogen) atoms. The zero-order chi connectivity index (χ0) is 23.9. The van der Waals surface area contributed by atoms with Gasteiger partial charge in [0.25, 0.3) is 0 Å². The van der Waals surface area contributed by atoms with E-state index in [0.29, 0.717) is 12.1 Å². The first kappa shape index (κ1) is 23.8. The van der Waals surface area contributed by atoms with E-state index in [1.165, 1.54) is 32.1 Å². The third kappa shape index (κ3) is 5.58. The first-order valence-electron chi connectivity index (χ1n) is 12.4. The largest absolute Gasteiger partial charge is 0.478 e. The molecule has 1 aliphatic rings. The second-order valence-corrected chi connectivity index (χ2v) is 9.30. The highest BCUT2D eigenvalue weighted by Crippen LogP contribution is 2.27. The van der Waals surface area contributed by atoms with Gasteiger partial charge in [-0.1, -0.05) is 86.7 Å². The van der Waals surface area contributed by atoms with E-state index < -0.39 is 5.97 Å². The van der Waals surface area contributed by atoms with Crippen molar-refractivity contribution in [1.29, 1.82) is 0 Å². The van der Waals surface area contributed by atoms with Gasteiger partial charge in [0, 0.05) is 24.9 Å². The molecule has 0 saturated heterocycles. The Kier molecular flexibility index (Phi) is 7.84. The molecule has 3 aromatic rings. The summed E-state index contributed by atoms with van der Waals surface area (Å²) in [6.45, 7) is 3.28. The average molecular weight is 459 g/mol. The fourth-order valence-corrected chi connectivity index (χ4v) is 5.00. The van der Waals surface area contributed by atoms with Crippen LogP contribution in [0.5, 0.6) is 0 Å². The van der Waals surface area contributed by atoms with E-state index >= 15 is 0 Å². The minimum Gasteiger partial charge on any atom is -0.478 e. The third-order valence-corrected chi connectivity index (χ3v) is 6.96. The molecule has 0 radical (unpaired) electrons. The van der Waals surface area contributed by atoms with E-state index in [-0.39, 0.29) is 11.3 Å². The molecule has 1 N–H and O–H groups in total. The number of aryl methyl sites for hydroxylation is 1. The summed E-state index contributed by atoms with van der Waals surface area (Å²) in [6, 6.07) is 14.9. The highest BCUT2D eigenvalue weighted by Gasteiger charge is 2.16. The maximum absolute atomic E-state index is 13.3. The molecule has 1 aromatic heterocycles. The summed E-state index contributed by atoms with van der Waals surface area (Å²) in [5.74, 6) is -0.196. The van der Waals surface area contributed by atoms with Gasteiger partial charge in [0.2, 0.25) is 0 Å². The van der Waals surface area contributed by atoms with Gasteiger partial charge in [-0.15, -0.1) is 0 Å². The molecular formula is C29H34N2O3. The molecule has 5 heteroatoms. The molecule has 1 aliphatic carbocycles. The predicted octanol–water partition coefficient (Wildman–Crippen LogP) is 6.15. The fraction of sp³-hybridized carbons (Fsp3) is 0.379. The monoisotopic (exact) mass is 458 g/mol. The number of hydrogen-bond donors (Lipinski definition) is 1. The van der Waals surface area contributed by atoms with Gasteiger partial charge in [-0.2, -0.15) is 0 Å². The summed E-state index contributed by atoms with van der Waals surface area (Å²) < 4.78 is 3.77. The van der Waals surface area contributed by atoms with Crippen LogP contribution in [0.15, 0.2) is 71.7 Å². The lowest BCUT2D eigenvalue weighted by Crippen LogP contribution is -2.26. The lowest BCUT2D eigenvalue weighted by molar-refractivity contribution is 0.0697. The van der Waals surface area contributed by atoms with Gasteiger partial charge in [0.05, 0.1) is 12.1 Å². The highest BCUT2D eigenvalue weighted by atomic mass is 16.4. The number of allylic oxidation sites excluding steroid dienone is 2. The van der Waals surface area contributed by atoms with Gasteiger partial charge in [0.1, 0.15) is 0 Å². The molecule has 0 amide bonds.